The Bertz CT molecular complexity index is 247. The first-order valence-electron chi connectivity index (χ1n) is 5.17. The van der Waals surface area contributed by atoms with Crippen LogP contribution in [0.5, 0.6) is 0 Å². The molecular weight excluding hydrogens is 196 g/mol. The maximum absolute atomic E-state index is 11.3. The Morgan fingerprint density at radius 3 is 2.73 bits per heavy atom. The summed E-state index contributed by atoms with van der Waals surface area (Å²) in [5.74, 6) is -0.337. The Morgan fingerprint density at radius 2 is 2.27 bits per heavy atom. The summed E-state index contributed by atoms with van der Waals surface area (Å²) < 4.78 is 4.99. The van der Waals surface area contributed by atoms with Gasteiger partial charge < -0.3 is 15.4 Å². The summed E-state index contributed by atoms with van der Waals surface area (Å²) in [5, 5.41) is 5.84. The predicted molar refractivity (Wildman–Crippen MR) is 55.3 cm³/mol. The van der Waals surface area contributed by atoms with Gasteiger partial charge in [0.25, 0.3) is 0 Å². The lowest BCUT2D eigenvalue weighted by atomic mass is 9.94. The molecule has 15 heavy (non-hydrogen) atoms. The van der Waals surface area contributed by atoms with Crippen LogP contribution in [-0.2, 0) is 14.3 Å². The quantitative estimate of drug-likeness (QED) is 0.636. The molecule has 0 spiro atoms. The van der Waals surface area contributed by atoms with E-state index < -0.39 is 0 Å². The minimum absolute atomic E-state index is 0.0310. The van der Waals surface area contributed by atoms with Gasteiger partial charge in [0, 0.05) is 20.4 Å². The van der Waals surface area contributed by atoms with Crippen LogP contribution in [0.25, 0.3) is 0 Å². The molecular formula is C10H18N2O3. The molecule has 1 atom stereocenters. The monoisotopic (exact) mass is 214 g/mol. The molecule has 0 saturated carbocycles. The number of hydrogen-bond donors (Lipinski definition) is 2. The van der Waals surface area contributed by atoms with Crippen LogP contribution in [0, 0.1) is 0 Å². The summed E-state index contributed by atoms with van der Waals surface area (Å²) in [4.78, 5) is 22.1. The maximum Gasteiger partial charge on any atom is 0.302 e. The summed E-state index contributed by atoms with van der Waals surface area (Å²) >= 11 is 0. The number of amides is 1. The van der Waals surface area contributed by atoms with Gasteiger partial charge in [0.15, 0.2) is 0 Å². The number of carbonyl (C=O) groups is 2. The molecule has 5 heteroatoms. The van der Waals surface area contributed by atoms with E-state index in [0.717, 1.165) is 19.4 Å². The van der Waals surface area contributed by atoms with Gasteiger partial charge in [-0.1, -0.05) is 0 Å². The van der Waals surface area contributed by atoms with Crippen LogP contribution in [0.2, 0.25) is 0 Å². The van der Waals surface area contributed by atoms with Gasteiger partial charge in [-0.3, -0.25) is 9.59 Å². The van der Waals surface area contributed by atoms with Crippen LogP contribution in [0.1, 0.15) is 26.2 Å². The molecule has 1 heterocycles. The molecule has 0 aliphatic carbocycles. The fraction of sp³-hybridized carbons (Fsp3) is 0.800. The fourth-order valence-corrected chi connectivity index (χ4v) is 1.83. The van der Waals surface area contributed by atoms with Gasteiger partial charge in [0.05, 0.1) is 5.54 Å². The van der Waals surface area contributed by atoms with Gasteiger partial charge >= 0.3 is 5.97 Å². The molecule has 1 fully saturated rings. The van der Waals surface area contributed by atoms with Crippen LogP contribution in [0.4, 0.5) is 0 Å². The first-order valence-corrected chi connectivity index (χ1v) is 5.17. The van der Waals surface area contributed by atoms with Crippen LogP contribution in [-0.4, -0.2) is 37.6 Å². The first-order chi connectivity index (χ1) is 7.08. The first kappa shape index (κ1) is 12.0. The highest BCUT2D eigenvalue weighted by Gasteiger charge is 2.36. The standard InChI is InChI=1S/C10H18N2O3/c1-8(13)15-7-10(4-3-5-12-10)6-9(14)11-2/h12H,3-7H2,1-2H3,(H,11,14). The second-order valence-electron chi connectivity index (χ2n) is 3.94. The molecule has 1 saturated heterocycles. The summed E-state index contributed by atoms with van der Waals surface area (Å²) in [7, 11) is 1.61. The van der Waals surface area contributed by atoms with Crippen molar-refractivity contribution < 1.29 is 14.3 Å². The summed E-state index contributed by atoms with van der Waals surface area (Å²) in [6.07, 6.45) is 2.24. The highest BCUT2D eigenvalue weighted by Crippen LogP contribution is 2.23. The van der Waals surface area contributed by atoms with E-state index in [-0.39, 0.29) is 24.0 Å². The predicted octanol–water partition coefficient (Wildman–Crippen LogP) is -0.192. The smallest absolute Gasteiger partial charge is 0.302 e. The third kappa shape index (κ3) is 3.51. The Balaban J connectivity index is 2.53. The van der Waals surface area contributed by atoms with Crippen LogP contribution < -0.4 is 10.6 Å². The molecule has 1 aliphatic heterocycles. The average Bonchev–Trinajstić information content (AvgIpc) is 2.64. The number of ether oxygens (including phenoxy) is 1. The zero-order valence-corrected chi connectivity index (χ0v) is 9.26. The van der Waals surface area contributed by atoms with Crippen molar-refractivity contribution >= 4 is 11.9 Å². The van der Waals surface area contributed by atoms with Gasteiger partial charge in [-0.25, -0.2) is 0 Å². The van der Waals surface area contributed by atoms with Crippen LogP contribution >= 0.6 is 0 Å². The van der Waals surface area contributed by atoms with Crippen LogP contribution in [0.15, 0.2) is 0 Å². The average molecular weight is 214 g/mol. The van der Waals surface area contributed by atoms with Crippen molar-refractivity contribution in [2.75, 3.05) is 20.2 Å². The minimum atomic E-state index is -0.355. The molecule has 86 valence electrons. The zero-order chi connectivity index (χ0) is 11.3. The molecule has 0 aromatic rings. The van der Waals surface area contributed by atoms with Gasteiger partial charge in [0.2, 0.25) is 5.91 Å². The molecule has 0 aromatic heterocycles. The molecule has 0 bridgehead atoms. The third-order valence-electron chi connectivity index (χ3n) is 2.66. The maximum atomic E-state index is 11.3. The largest absolute Gasteiger partial charge is 0.464 e. The minimum Gasteiger partial charge on any atom is -0.464 e. The van der Waals surface area contributed by atoms with Crippen molar-refractivity contribution in [2.45, 2.75) is 31.7 Å². The highest BCUT2D eigenvalue weighted by molar-refractivity contribution is 5.77. The van der Waals surface area contributed by atoms with E-state index in [1.807, 2.05) is 0 Å². The number of hydrogen-bond acceptors (Lipinski definition) is 4. The Hall–Kier alpha value is -1.10. The number of carbonyl (C=O) groups excluding carboxylic acids is 2. The van der Waals surface area contributed by atoms with Crippen molar-refractivity contribution in [3.63, 3.8) is 0 Å². The van der Waals surface area contributed by atoms with Gasteiger partial charge in [-0.2, -0.15) is 0 Å². The Kier molecular flexibility index (Phi) is 4.08. The SMILES string of the molecule is CNC(=O)CC1(COC(C)=O)CCCN1. The van der Waals surface area contributed by atoms with Gasteiger partial charge in [-0.05, 0) is 19.4 Å². The van der Waals surface area contributed by atoms with E-state index in [2.05, 4.69) is 10.6 Å². The molecule has 1 aliphatic rings. The van der Waals surface area contributed by atoms with E-state index in [1.54, 1.807) is 7.05 Å². The van der Waals surface area contributed by atoms with E-state index in [1.165, 1.54) is 6.92 Å². The van der Waals surface area contributed by atoms with Gasteiger partial charge in [0.1, 0.15) is 6.61 Å². The summed E-state index contributed by atoms with van der Waals surface area (Å²) in [5.41, 5.74) is -0.355. The molecule has 0 aromatic carbocycles. The summed E-state index contributed by atoms with van der Waals surface area (Å²) in [6, 6.07) is 0. The molecule has 2 N–H and O–H groups in total. The zero-order valence-electron chi connectivity index (χ0n) is 9.26. The number of rotatable bonds is 4. The van der Waals surface area contributed by atoms with E-state index in [0.29, 0.717) is 6.42 Å². The Labute approximate surface area is 89.6 Å². The van der Waals surface area contributed by atoms with E-state index in [9.17, 15) is 9.59 Å². The van der Waals surface area contributed by atoms with Crippen molar-refractivity contribution in [1.82, 2.24) is 10.6 Å². The molecule has 0 radical (unpaired) electrons. The summed E-state index contributed by atoms with van der Waals surface area (Å²) in [6.45, 7) is 2.52. The van der Waals surface area contributed by atoms with E-state index >= 15 is 0 Å². The normalized spacial score (nSPS) is 24.9. The Morgan fingerprint density at radius 1 is 1.53 bits per heavy atom. The third-order valence-corrected chi connectivity index (χ3v) is 2.66. The van der Waals surface area contributed by atoms with Crippen molar-refractivity contribution in [2.24, 2.45) is 0 Å². The lowest BCUT2D eigenvalue weighted by Gasteiger charge is -2.27. The topological polar surface area (TPSA) is 67.4 Å². The lowest BCUT2D eigenvalue weighted by molar-refractivity contribution is -0.144. The molecule has 5 nitrogen and oxygen atoms in total. The molecule has 1 rings (SSSR count). The van der Waals surface area contributed by atoms with Crippen molar-refractivity contribution in [3.05, 3.63) is 0 Å². The fourth-order valence-electron chi connectivity index (χ4n) is 1.83. The number of esters is 1. The lowest BCUT2D eigenvalue weighted by Crippen LogP contribution is -2.48. The van der Waals surface area contributed by atoms with Crippen LogP contribution in [0.3, 0.4) is 0 Å². The molecule has 1 unspecified atom stereocenters. The highest BCUT2D eigenvalue weighted by atomic mass is 16.5. The van der Waals surface area contributed by atoms with Gasteiger partial charge in [-0.15, -0.1) is 0 Å². The number of nitrogens with one attached hydrogen (secondary N) is 2. The molecule has 1 amide bonds. The second kappa shape index (κ2) is 5.11. The van der Waals surface area contributed by atoms with E-state index in [4.69, 9.17) is 4.74 Å². The second-order valence-corrected chi connectivity index (χ2v) is 3.94. The van der Waals surface area contributed by atoms with Crippen molar-refractivity contribution in [1.29, 1.82) is 0 Å². The van der Waals surface area contributed by atoms with Crippen molar-refractivity contribution in [3.8, 4) is 0 Å².